The maximum atomic E-state index is 4.48. The van der Waals surface area contributed by atoms with Gasteiger partial charge in [-0.1, -0.05) is 6.07 Å². The van der Waals surface area contributed by atoms with Gasteiger partial charge < -0.3 is 0 Å². The summed E-state index contributed by atoms with van der Waals surface area (Å²) >= 11 is 0. The van der Waals surface area contributed by atoms with Gasteiger partial charge in [0.1, 0.15) is 18.3 Å². The van der Waals surface area contributed by atoms with Gasteiger partial charge in [0.2, 0.25) is 0 Å². The van der Waals surface area contributed by atoms with E-state index in [1.54, 1.807) is 0 Å². The molecule has 0 radical (unpaired) electrons. The van der Waals surface area contributed by atoms with Crippen LogP contribution in [0.25, 0.3) is 22.4 Å². The van der Waals surface area contributed by atoms with Crippen LogP contribution >= 0.6 is 0 Å². The lowest BCUT2D eigenvalue weighted by molar-refractivity contribution is -0.509. The number of hydrogen-bond acceptors (Lipinski definition) is 1. The Morgan fingerprint density at radius 3 is 3.16 bits per heavy atom. The summed E-state index contributed by atoms with van der Waals surface area (Å²) in [5.41, 5.74) is 6.08. The minimum Gasteiger partial charge on any atom is -0.257 e. The average Bonchev–Trinajstić information content (AvgIpc) is 3.04. The van der Waals surface area contributed by atoms with Crippen molar-refractivity contribution in [3.8, 4) is 11.3 Å². The van der Waals surface area contributed by atoms with Gasteiger partial charge in [-0.05, 0) is 24.3 Å². The van der Waals surface area contributed by atoms with E-state index in [4.69, 9.17) is 0 Å². The number of rotatable bonds is 0. The van der Waals surface area contributed by atoms with Gasteiger partial charge in [0, 0.05) is 11.8 Å². The largest absolute Gasteiger partial charge is 0.278 e. The molecule has 0 fully saturated rings. The zero-order chi connectivity index (χ0) is 12.4. The third-order valence-electron chi connectivity index (χ3n) is 3.86. The zero-order valence-electron chi connectivity index (χ0n) is 10.2. The molecule has 4 aromatic rings. The average molecular weight is 247 g/mol. The van der Waals surface area contributed by atoms with Crippen LogP contribution in [0.15, 0.2) is 55.2 Å². The molecule has 4 aromatic heterocycles. The molecule has 0 unspecified atom stereocenters. The number of aromatic nitrogens is 4. The van der Waals surface area contributed by atoms with Gasteiger partial charge in [0.15, 0.2) is 12.0 Å². The second-order valence-electron chi connectivity index (χ2n) is 4.95. The second kappa shape index (κ2) is 3.03. The summed E-state index contributed by atoms with van der Waals surface area (Å²) in [4.78, 5) is 4.48. The van der Waals surface area contributed by atoms with Crippen LogP contribution in [0, 0.1) is 0 Å². The molecule has 0 N–H and O–H groups in total. The van der Waals surface area contributed by atoms with E-state index in [0.29, 0.717) is 0 Å². The molecular formula is C15H11N4+. The topological polar surface area (TPSA) is 26.3 Å². The lowest BCUT2D eigenvalue weighted by atomic mass is 10.2. The van der Waals surface area contributed by atoms with Crippen LogP contribution in [0.5, 0.6) is 0 Å². The van der Waals surface area contributed by atoms with Crippen LogP contribution in [0.3, 0.4) is 0 Å². The molecule has 0 saturated heterocycles. The molecule has 0 bridgehead atoms. The van der Waals surface area contributed by atoms with E-state index >= 15 is 0 Å². The fraction of sp³-hybridized carbons (Fsp3) is 0.0667. The van der Waals surface area contributed by atoms with Gasteiger partial charge in [-0.25, -0.2) is 8.80 Å². The summed E-state index contributed by atoms with van der Waals surface area (Å²) in [5, 5.41) is 0. The summed E-state index contributed by atoms with van der Waals surface area (Å²) in [7, 11) is 0. The molecule has 1 aliphatic rings. The lowest BCUT2D eigenvalue weighted by Crippen LogP contribution is -2.15. The second-order valence-corrected chi connectivity index (χ2v) is 4.95. The Balaban J connectivity index is 2.00. The highest BCUT2D eigenvalue weighted by Crippen LogP contribution is 2.32. The van der Waals surface area contributed by atoms with E-state index in [0.717, 1.165) is 12.2 Å². The molecule has 0 saturated carbocycles. The van der Waals surface area contributed by atoms with E-state index in [-0.39, 0.29) is 0 Å². The van der Waals surface area contributed by atoms with E-state index < -0.39 is 0 Å². The molecule has 5 rings (SSSR count). The van der Waals surface area contributed by atoms with Crippen molar-refractivity contribution >= 4 is 11.2 Å². The highest BCUT2D eigenvalue weighted by molar-refractivity contribution is 5.78. The van der Waals surface area contributed by atoms with Crippen LogP contribution in [0.1, 0.15) is 5.69 Å². The molecule has 4 heteroatoms. The first-order valence-electron chi connectivity index (χ1n) is 6.36. The molecule has 4 nitrogen and oxygen atoms in total. The smallest absolute Gasteiger partial charge is 0.257 e. The fourth-order valence-electron chi connectivity index (χ4n) is 3.08. The molecule has 0 amide bonds. The molecule has 0 aliphatic carbocycles. The van der Waals surface area contributed by atoms with Crippen molar-refractivity contribution in [2.24, 2.45) is 0 Å². The molecule has 1 aliphatic heterocycles. The first kappa shape index (κ1) is 9.33. The van der Waals surface area contributed by atoms with Crippen molar-refractivity contribution in [1.29, 1.82) is 0 Å². The highest BCUT2D eigenvalue weighted by Gasteiger charge is 2.30. The van der Waals surface area contributed by atoms with Crippen LogP contribution in [0.4, 0.5) is 0 Å². The Kier molecular flexibility index (Phi) is 1.49. The van der Waals surface area contributed by atoms with E-state index in [1.807, 2.05) is 12.3 Å². The molecule has 0 spiro atoms. The molecule has 0 atom stereocenters. The Morgan fingerprint density at radius 2 is 2.16 bits per heavy atom. The Bertz CT molecular complexity index is 945. The van der Waals surface area contributed by atoms with Crippen molar-refractivity contribution in [3.63, 3.8) is 0 Å². The van der Waals surface area contributed by atoms with Gasteiger partial charge in [-0.15, -0.1) is 0 Å². The van der Waals surface area contributed by atoms with Crippen LogP contribution < -0.4 is 4.40 Å². The maximum Gasteiger partial charge on any atom is 0.278 e. The monoisotopic (exact) mass is 247 g/mol. The molecule has 5 heterocycles. The number of hydrogen-bond donors (Lipinski definition) is 0. The Labute approximate surface area is 109 Å². The predicted molar refractivity (Wildman–Crippen MR) is 70.9 cm³/mol. The highest BCUT2D eigenvalue weighted by atomic mass is 15.2. The summed E-state index contributed by atoms with van der Waals surface area (Å²) < 4.78 is 6.70. The summed E-state index contributed by atoms with van der Waals surface area (Å²) in [6.45, 7) is 0.863. The maximum absolute atomic E-state index is 4.48. The van der Waals surface area contributed by atoms with Crippen molar-refractivity contribution in [2.45, 2.75) is 6.54 Å². The first-order chi connectivity index (χ1) is 9.42. The fourth-order valence-corrected chi connectivity index (χ4v) is 3.08. The van der Waals surface area contributed by atoms with Gasteiger partial charge >= 0.3 is 0 Å². The van der Waals surface area contributed by atoms with Crippen molar-refractivity contribution in [3.05, 3.63) is 60.9 Å². The normalized spacial score (nSPS) is 13.1. The summed E-state index contributed by atoms with van der Waals surface area (Å²) in [5.74, 6) is 0. The van der Waals surface area contributed by atoms with Gasteiger partial charge in [-0.3, -0.25) is 9.55 Å². The van der Waals surface area contributed by atoms with E-state index in [1.165, 1.54) is 22.4 Å². The third-order valence-corrected chi connectivity index (χ3v) is 3.86. The number of fused-ring (bicyclic) bond motifs is 7. The van der Waals surface area contributed by atoms with E-state index in [9.17, 15) is 0 Å². The molecular weight excluding hydrogens is 236 g/mol. The van der Waals surface area contributed by atoms with Gasteiger partial charge in [0.05, 0.1) is 11.9 Å². The van der Waals surface area contributed by atoms with Gasteiger partial charge in [0.25, 0.3) is 5.65 Å². The van der Waals surface area contributed by atoms with E-state index in [2.05, 4.69) is 61.3 Å². The quantitative estimate of drug-likeness (QED) is 0.384. The first-order valence-corrected chi connectivity index (χ1v) is 6.36. The van der Waals surface area contributed by atoms with Crippen molar-refractivity contribution in [2.75, 3.05) is 0 Å². The minimum atomic E-state index is 0.863. The Morgan fingerprint density at radius 1 is 1.16 bits per heavy atom. The predicted octanol–water partition coefficient (Wildman–Crippen LogP) is 1.90. The molecule has 90 valence electrons. The number of pyridine rings is 2. The number of nitrogens with zero attached hydrogens (tertiary/aromatic N) is 4. The standard InChI is InChI=1S/C15H11N4/c1-2-7-19-11(4-1)8-18-10-17-9-13-12(5-3-6-16-13)14(17)15(18)19/h1-8,10H,9H2/q+1. The summed E-state index contributed by atoms with van der Waals surface area (Å²) in [6.07, 6.45) is 8.29. The third kappa shape index (κ3) is 1.04. The van der Waals surface area contributed by atoms with Crippen molar-refractivity contribution < 1.29 is 4.40 Å². The lowest BCUT2D eigenvalue weighted by Gasteiger charge is -1.93. The molecule has 0 aromatic carbocycles. The SMILES string of the molecule is c1cnc2c(c1)-c1c3n4ccccc4c[n+]3cn1C2. The van der Waals surface area contributed by atoms with Gasteiger partial charge in [-0.2, -0.15) is 0 Å². The number of imidazole rings is 2. The zero-order valence-corrected chi connectivity index (χ0v) is 10.2. The summed E-state index contributed by atoms with van der Waals surface area (Å²) in [6, 6.07) is 10.4. The van der Waals surface area contributed by atoms with Crippen LogP contribution in [-0.4, -0.2) is 14.0 Å². The van der Waals surface area contributed by atoms with Crippen molar-refractivity contribution in [1.82, 2.24) is 14.0 Å². The van der Waals surface area contributed by atoms with Crippen LogP contribution in [-0.2, 0) is 6.54 Å². The minimum absolute atomic E-state index is 0.863. The van der Waals surface area contributed by atoms with Crippen LogP contribution in [0.2, 0.25) is 0 Å². The Hall–Kier alpha value is -2.62. The molecule has 19 heavy (non-hydrogen) atoms.